The number of benzene rings is 1. The molecule has 2 unspecified atom stereocenters. The van der Waals surface area contributed by atoms with Crippen molar-refractivity contribution in [1.29, 1.82) is 0 Å². The lowest BCUT2D eigenvalue weighted by molar-refractivity contribution is -0.385. The predicted molar refractivity (Wildman–Crippen MR) is 75.3 cm³/mol. The molecule has 2 atom stereocenters. The van der Waals surface area contributed by atoms with Crippen LogP contribution < -0.4 is 5.73 Å². The highest BCUT2D eigenvalue weighted by Crippen LogP contribution is 2.27. The van der Waals surface area contributed by atoms with E-state index < -0.39 is 16.6 Å². The van der Waals surface area contributed by atoms with Crippen molar-refractivity contribution in [3.8, 4) is 0 Å². The normalized spacial score (nSPS) is 22.1. The third kappa shape index (κ3) is 3.02. The number of carbonyl (C=O) groups excluding carboxylic acids is 1. The zero-order valence-corrected chi connectivity index (χ0v) is 11.8. The third-order valence-corrected chi connectivity index (χ3v) is 4.00. The van der Waals surface area contributed by atoms with Crippen LogP contribution in [0.15, 0.2) is 18.2 Å². The summed E-state index contributed by atoms with van der Waals surface area (Å²) < 4.78 is 13.4. The van der Waals surface area contributed by atoms with Gasteiger partial charge < -0.3 is 10.6 Å². The number of nitro benzene ring substituents is 1. The summed E-state index contributed by atoms with van der Waals surface area (Å²) in [7, 11) is 0. The minimum atomic E-state index is -0.669. The van der Waals surface area contributed by atoms with E-state index in [0.717, 1.165) is 31.0 Å². The Bertz CT molecular complexity index is 564. The molecule has 0 aliphatic carbocycles. The predicted octanol–water partition coefficient (Wildman–Crippen LogP) is 1.93. The number of hydrogen-bond acceptors (Lipinski definition) is 4. The monoisotopic (exact) mass is 295 g/mol. The van der Waals surface area contributed by atoms with Gasteiger partial charge in [0.1, 0.15) is 11.4 Å². The molecule has 1 saturated heterocycles. The van der Waals surface area contributed by atoms with E-state index in [-0.39, 0.29) is 29.8 Å². The second-order valence-electron chi connectivity index (χ2n) is 5.34. The molecular formula is C14H18FN3O3. The molecule has 21 heavy (non-hydrogen) atoms. The van der Waals surface area contributed by atoms with Gasteiger partial charge in [-0.2, -0.15) is 0 Å². The van der Waals surface area contributed by atoms with E-state index in [1.165, 1.54) is 4.90 Å². The summed E-state index contributed by atoms with van der Waals surface area (Å²) in [5.41, 5.74) is 5.13. The van der Waals surface area contributed by atoms with Crippen LogP contribution in [0.3, 0.4) is 0 Å². The summed E-state index contributed by atoms with van der Waals surface area (Å²) >= 11 is 0. The Morgan fingerprint density at radius 2 is 2.29 bits per heavy atom. The van der Waals surface area contributed by atoms with Crippen molar-refractivity contribution in [2.24, 2.45) is 11.7 Å². The number of nitrogens with zero attached hydrogens (tertiary/aromatic N) is 2. The first-order valence-electron chi connectivity index (χ1n) is 6.90. The van der Waals surface area contributed by atoms with E-state index in [4.69, 9.17) is 5.73 Å². The molecule has 0 radical (unpaired) electrons. The van der Waals surface area contributed by atoms with Gasteiger partial charge in [0, 0.05) is 25.2 Å². The van der Waals surface area contributed by atoms with E-state index in [2.05, 4.69) is 0 Å². The molecule has 7 heteroatoms. The Labute approximate surface area is 121 Å². The van der Waals surface area contributed by atoms with E-state index in [1.54, 1.807) is 0 Å². The molecule has 2 N–H and O–H groups in total. The maximum atomic E-state index is 13.4. The molecule has 6 nitrogen and oxygen atoms in total. The van der Waals surface area contributed by atoms with Crippen molar-refractivity contribution >= 4 is 11.6 Å². The van der Waals surface area contributed by atoms with Gasteiger partial charge in [0.25, 0.3) is 11.6 Å². The third-order valence-electron chi connectivity index (χ3n) is 4.00. The molecule has 1 amide bonds. The second-order valence-corrected chi connectivity index (χ2v) is 5.34. The maximum absolute atomic E-state index is 13.4. The van der Waals surface area contributed by atoms with Gasteiger partial charge in [0.05, 0.1) is 4.92 Å². The van der Waals surface area contributed by atoms with Crippen LogP contribution in [0.25, 0.3) is 0 Å². The van der Waals surface area contributed by atoms with Gasteiger partial charge in [-0.25, -0.2) is 4.39 Å². The fraction of sp³-hybridized carbons (Fsp3) is 0.500. The first-order chi connectivity index (χ1) is 9.95. The fourth-order valence-corrected chi connectivity index (χ4v) is 2.85. The van der Waals surface area contributed by atoms with Crippen molar-refractivity contribution in [1.82, 2.24) is 4.90 Å². The highest BCUT2D eigenvalue weighted by molar-refractivity contribution is 5.98. The van der Waals surface area contributed by atoms with Crippen LogP contribution in [0, 0.1) is 21.8 Å². The largest absolute Gasteiger partial charge is 0.334 e. The Morgan fingerprint density at radius 3 is 2.90 bits per heavy atom. The molecule has 0 spiro atoms. The highest BCUT2D eigenvalue weighted by atomic mass is 19.1. The molecule has 114 valence electrons. The molecule has 0 aromatic heterocycles. The average molecular weight is 295 g/mol. The molecule has 1 fully saturated rings. The first-order valence-corrected chi connectivity index (χ1v) is 6.90. The molecule has 1 aliphatic heterocycles. The van der Waals surface area contributed by atoms with Crippen molar-refractivity contribution < 1.29 is 14.1 Å². The van der Waals surface area contributed by atoms with Crippen LogP contribution in [0.1, 0.15) is 30.1 Å². The van der Waals surface area contributed by atoms with Crippen molar-refractivity contribution in [3.05, 3.63) is 39.7 Å². The van der Waals surface area contributed by atoms with Gasteiger partial charge in [-0.15, -0.1) is 0 Å². The molecular weight excluding hydrogens is 277 g/mol. The lowest BCUT2D eigenvalue weighted by atomic mass is 9.90. The molecule has 2 rings (SSSR count). The van der Waals surface area contributed by atoms with Crippen LogP contribution in [0.2, 0.25) is 0 Å². The first kappa shape index (κ1) is 15.4. The van der Waals surface area contributed by atoms with Gasteiger partial charge in [0.15, 0.2) is 0 Å². The number of halogens is 1. The topological polar surface area (TPSA) is 89.5 Å². The fourth-order valence-electron chi connectivity index (χ4n) is 2.85. The van der Waals surface area contributed by atoms with Crippen molar-refractivity contribution in [3.63, 3.8) is 0 Å². The maximum Gasteiger partial charge on any atom is 0.282 e. The average Bonchev–Trinajstić information content (AvgIpc) is 2.45. The van der Waals surface area contributed by atoms with Gasteiger partial charge in [-0.1, -0.05) is 6.92 Å². The van der Waals surface area contributed by atoms with Gasteiger partial charge in [0.2, 0.25) is 0 Å². The molecule has 0 bridgehead atoms. The quantitative estimate of drug-likeness (QED) is 0.681. The summed E-state index contributed by atoms with van der Waals surface area (Å²) in [6.45, 7) is 2.77. The summed E-state index contributed by atoms with van der Waals surface area (Å²) in [6.07, 6.45) is 1.77. The van der Waals surface area contributed by atoms with Crippen molar-refractivity contribution in [2.45, 2.75) is 25.8 Å². The zero-order valence-electron chi connectivity index (χ0n) is 11.8. The standard InChI is InChI=1S/C14H18FN3O3/c1-9-3-2-6-17(13(9)8-16)14(19)11-7-10(15)4-5-12(11)18(20)21/h4-5,7,9,13H,2-3,6,8,16H2,1H3. The smallest absolute Gasteiger partial charge is 0.282 e. The van der Waals surface area contributed by atoms with Crippen LogP contribution >= 0.6 is 0 Å². The number of carbonyl (C=O) groups is 1. The Kier molecular flexibility index (Phi) is 4.52. The minimum Gasteiger partial charge on any atom is -0.334 e. The van der Waals surface area contributed by atoms with Gasteiger partial charge >= 0.3 is 0 Å². The number of nitro groups is 1. The van der Waals surface area contributed by atoms with Crippen LogP contribution in [-0.2, 0) is 0 Å². The van der Waals surface area contributed by atoms with Gasteiger partial charge in [-0.05, 0) is 30.9 Å². The van der Waals surface area contributed by atoms with Gasteiger partial charge in [-0.3, -0.25) is 14.9 Å². The molecule has 0 saturated carbocycles. The Balaban J connectivity index is 2.39. The zero-order chi connectivity index (χ0) is 15.6. The van der Waals surface area contributed by atoms with Crippen molar-refractivity contribution in [2.75, 3.05) is 13.1 Å². The van der Waals surface area contributed by atoms with Crippen LogP contribution in [-0.4, -0.2) is 34.9 Å². The second kappa shape index (κ2) is 6.17. The molecule has 1 heterocycles. The summed E-state index contributed by atoms with van der Waals surface area (Å²) in [5.74, 6) is -0.971. The molecule has 1 aromatic carbocycles. The minimum absolute atomic E-state index is 0.172. The number of rotatable bonds is 3. The highest BCUT2D eigenvalue weighted by Gasteiger charge is 2.34. The lowest BCUT2D eigenvalue weighted by Crippen LogP contribution is -2.51. The number of hydrogen-bond donors (Lipinski definition) is 1. The summed E-state index contributed by atoms with van der Waals surface area (Å²) in [4.78, 5) is 24.5. The van der Waals surface area contributed by atoms with E-state index in [0.29, 0.717) is 6.54 Å². The SMILES string of the molecule is CC1CCCN(C(=O)c2cc(F)ccc2[N+](=O)[O-])C1CN. The van der Waals surface area contributed by atoms with E-state index in [9.17, 15) is 19.3 Å². The number of likely N-dealkylation sites (tertiary alicyclic amines) is 1. The molecule has 1 aromatic rings. The van der Waals surface area contributed by atoms with E-state index in [1.807, 2.05) is 6.92 Å². The van der Waals surface area contributed by atoms with Crippen LogP contribution in [0.5, 0.6) is 0 Å². The lowest BCUT2D eigenvalue weighted by Gasteiger charge is -2.39. The summed E-state index contributed by atoms with van der Waals surface area (Å²) in [5, 5.41) is 11.0. The number of piperidine rings is 1. The van der Waals surface area contributed by atoms with E-state index >= 15 is 0 Å². The Morgan fingerprint density at radius 1 is 1.57 bits per heavy atom. The number of nitrogens with two attached hydrogens (primary N) is 1. The van der Waals surface area contributed by atoms with Crippen LogP contribution in [0.4, 0.5) is 10.1 Å². The number of amides is 1. The summed E-state index contributed by atoms with van der Waals surface area (Å²) in [6, 6.07) is 2.75. The molecule has 1 aliphatic rings. The Hall–Kier alpha value is -2.02.